The Bertz CT molecular complexity index is 604. The molecule has 0 aromatic carbocycles. The van der Waals surface area contributed by atoms with Gasteiger partial charge in [-0.3, -0.25) is 14.6 Å². The van der Waals surface area contributed by atoms with E-state index in [0.29, 0.717) is 12.5 Å². The van der Waals surface area contributed by atoms with Gasteiger partial charge in [-0.2, -0.15) is 0 Å². The molecule has 6 nitrogen and oxygen atoms in total. The van der Waals surface area contributed by atoms with Gasteiger partial charge in [0.1, 0.15) is 5.56 Å². The third kappa shape index (κ3) is 2.69. The van der Waals surface area contributed by atoms with Crippen molar-refractivity contribution in [3.63, 3.8) is 0 Å². The van der Waals surface area contributed by atoms with Crippen LogP contribution in [0.15, 0.2) is 15.8 Å². The average Bonchev–Trinajstić information content (AvgIpc) is 3.11. The van der Waals surface area contributed by atoms with Crippen LogP contribution in [0.1, 0.15) is 23.2 Å². The van der Waals surface area contributed by atoms with Crippen LogP contribution in [0.25, 0.3) is 0 Å². The Kier molecular flexibility index (Phi) is 3.33. The lowest BCUT2D eigenvalue weighted by molar-refractivity contribution is 0.0767. The molecule has 18 heavy (non-hydrogen) atoms. The van der Waals surface area contributed by atoms with Crippen LogP contribution in [0.3, 0.4) is 0 Å². The molecule has 0 bridgehead atoms. The van der Waals surface area contributed by atoms with Crippen LogP contribution in [-0.2, 0) is 0 Å². The molecule has 1 amide bonds. The monoisotopic (exact) mass is 247 g/mol. The summed E-state index contributed by atoms with van der Waals surface area (Å²) < 4.78 is 0. The second-order valence-corrected chi connectivity index (χ2v) is 4.32. The third-order valence-corrected chi connectivity index (χ3v) is 2.79. The topological polar surface area (TPSA) is 86.0 Å². The largest absolute Gasteiger partial charge is 0.327 e. The highest BCUT2D eigenvalue weighted by atomic mass is 16.2. The number of carbonyl (C=O) groups excluding carboxylic acids is 1. The van der Waals surface area contributed by atoms with Crippen molar-refractivity contribution >= 4 is 5.91 Å². The van der Waals surface area contributed by atoms with E-state index in [1.165, 1.54) is 4.90 Å². The maximum atomic E-state index is 12.1. The molecule has 1 saturated carbocycles. The van der Waals surface area contributed by atoms with Gasteiger partial charge in [-0.25, -0.2) is 4.79 Å². The fourth-order valence-electron chi connectivity index (χ4n) is 1.68. The van der Waals surface area contributed by atoms with Gasteiger partial charge >= 0.3 is 5.69 Å². The minimum absolute atomic E-state index is 0.0921. The van der Waals surface area contributed by atoms with Crippen LogP contribution in [0.2, 0.25) is 0 Å². The van der Waals surface area contributed by atoms with Crippen LogP contribution in [0.4, 0.5) is 0 Å². The van der Waals surface area contributed by atoms with E-state index in [0.717, 1.165) is 19.0 Å². The van der Waals surface area contributed by atoms with E-state index >= 15 is 0 Å². The molecule has 0 atom stereocenters. The molecule has 1 aromatic heterocycles. The number of aromatic nitrogens is 2. The number of hydrogen-bond acceptors (Lipinski definition) is 3. The highest BCUT2D eigenvalue weighted by Gasteiger charge is 2.27. The lowest BCUT2D eigenvalue weighted by Gasteiger charge is -2.19. The number of rotatable bonds is 4. The van der Waals surface area contributed by atoms with Gasteiger partial charge in [-0.1, -0.05) is 5.92 Å². The van der Waals surface area contributed by atoms with Crippen LogP contribution < -0.4 is 11.2 Å². The molecule has 1 fully saturated rings. The fourth-order valence-corrected chi connectivity index (χ4v) is 1.68. The van der Waals surface area contributed by atoms with Gasteiger partial charge in [0.25, 0.3) is 11.5 Å². The molecule has 1 aliphatic carbocycles. The molecule has 94 valence electrons. The predicted molar refractivity (Wildman–Crippen MR) is 65.1 cm³/mol. The summed E-state index contributed by atoms with van der Waals surface area (Å²) in [5, 5.41) is 0. The number of H-pyrrole nitrogens is 2. The van der Waals surface area contributed by atoms with E-state index in [1.807, 2.05) is 4.98 Å². The maximum absolute atomic E-state index is 12.1. The molecule has 2 rings (SSSR count). The zero-order chi connectivity index (χ0) is 13.1. The minimum atomic E-state index is -0.693. The Hall–Kier alpha value is -2.29. The zero-order valence-electron chi connectivity index (χ0n) is 9.73. The highest BCUT2D eigenvalue weighted by Crippen LogP contribution is 2.29. The summed E-state index contributed by atoms with van der Waals surface area (Å²) in [5.41, 5.74) is -1.42. The van der Waals surface area contributed by atoms with Gasteiger partial charge in [0, 0.05) is 12.7 Å². The summed E-state index contributed by atoms with van der Waals surface area (Å²) >= 11 is 0. The first-order valence-electron chi connectivity index (χ1n) is 5.66. The molecule has 1 aliphatic rings. The first kappa shape index (κ1) is 12.2. The van der Waals surface area contributed by atoms with Crippen molar-refractivity contribution in [1.29, 1.82) is 0 Å². The fraction of sp³-hybridized carbons (Fsp3) is 0.417. The Morgan fingerprint density at radius 1 is 1.50 bits per heavy atom. The van der Waals surface area contributed by atoms with Crippen molar-refractivity contribution in [3.8, 4) is 12.3 Å². The highest BCUT2D eigenvalue weighted by molar-refractivity contribution is 5.93. The van der Waals surface area contributed by atoms with Crippen molar-refractivity contribution in [1.82, 2.24) is 14.9 Å². The van der Waals surface area contributed by atoms with E-state index in [4.69, 9.17) is 6.42 Å². The van der Waals surface area contributed by atoms with Gasteiger partial charge < -0.3 is 9.88 Å². The number of carbonyl (C=O) groups is 1. The first-order valence-corrected chi connectivity index (χ1v) is 5.66. The summed E-state index contributed by atoms with van der Waals surface area (Å²) in [6.07, 6.45) is 8.50. The van der Waals surface area contributed by atoms with Gasteiger partial charge in [-0.15, -0.1) is 6.42 Å². The van der Waals surface area contributed by atoms with Gasteiger partial charge in [0.05, 0.1) is 6.54 Å². The van der Waals surface area contributed by atoms with Crippen LogP contribution >= 0.6 is 0 Å². The molecular weight excluding hydrogens is 234 g/mol. The number of aromatic amines is 2. The summed E-state index contributed by atoms with van der Waals surface area (Å²) in [7, 11) is 0. The second kappa shape index (κ2) is 4.92. The van der Waals surface area contributed by atoms with Crippen LogP contribution in [-0.4, -0.2) is 33.9 Å². The molecule has 0 unspecified atom stereocenters. The Morgan fingerprint density at radius 2 is 2.22 bits per heavy atom. The quantitative estimate of drug-likeness (QED) is 0.706. The standard InChI is InChI=1S/C12H13N3O3/c1-2-5-15(7-8-3-4-8)11(17)9-6-13-12(18)14-10(9)16/h1,6,8H,3-5,7H2,(H2,13,14,16,18). The van der Waals surface area contributed by atoms with Crippen LogP contribution in [0, 0.1) is 18.3 Å². The lowest BCUT2D eigenvalue weighted by atomic mass is 10.2. The number of terminal acetylenes is 1. The summed E-state index contributed by atoms with van der Waals surface area (Å²) in [5.74, 6) is 2.43. The summed E-state index contributed by atoms with van der Waals surface area (Å²) in [6, 6.07) is 0. The van der Waals surface area contributed by atoms with Crippen molar-refractivity contribution in [3.05, 3.63) is 32.6 Å². The molecule has 2 N–H and O–H groups in total. The molecular formula is C12H13N3O3. The average molecular weight is 247 g/mol. The van der Waals surface area contributed by atoms with E-state index < -0.39 is 17.2 Å². The number of nitrogens with one attached hydrogen (secondary N) is 2. The van der Waals surface area contributed by atoms with Crippen molar-refractivity contribution in [2.75, 3.05) is 13.1 Å². The second-order valence-electron chi connectivity index (χ2n) is 4.32. The van der Waals surface area contributed by atoms with Gasteiger partial charge in [0.2, 0.25) is 0 Å². The van der Waals surface area contributed by atoms with E-state index in [1.54, 1.807) is 0 Å². The molecule has 1 aromatic rings. The third-order valence-electron chi connectivity index (χ3n) is 2.79. The van der Waals surface area contributed by atoms with E-state index in [9.17, 15) is 14.4 Å². The summed E-state index contributed by atoms with van der Waals surface area (Å²) in [6.45, 7) is 0.718. The van der Waals surface area contributed by atoms with Gasteiger partial charge in [-0.05, 0) is 18.8 Å². The van der Waals surface area contributed by atoms with E-state index in [2.05, 4.69) is 10.9 Å². The zero-order valence-corrected chi connectivity index (χ0v) is 9.73. The number of amides is 1. The molecule has 0 saturated heterocycles. The number of hydrogen-bond donors (Lipinski definition) is 2. The molecule has 0 spiro atoms. The molecule has 6 heteroatoms. The van der Waals surface area contributed by atoms with E-state index in [-0.39, 0.29) is 12.1 Å². The van der Waals surface area contributed by atoms with Gasteiger partial charge in [0.15, 0.2) is 0 Å². The molecule has 0 aliphatic heterocycles. The number of nitrogens with zero attached hydrogens (tertiary/aromatic N) is 1. The maximum Gasteiger partial charge on any atom is 0.325 e. The predicted octanol–water partition coefficient (Wildman–Crippen LogP) is -0.451. The Labute approximate surface area is 103 Å². The Morgan fingerprint density at radius 3 is 2.78 bits per heavy atom. The lowest BCUT2D eigenvalue weighted by Crippen LogP contribution is -2.38. The first-order chi connectivity index (χ1) is 8.61. The van der Waals surface area contributed by atoms with Crippen molar-refractivity contribution in [2.45, 2.75) is 12.8 Å². The summed E-state index contributed by atoms with van der Waals surface area (Å²) in [4.78, 5) is 40.3. The normalized spacial score (nSPS) is 13.9. The minimum Gasteiger partial charge on any atom is -0.327 e. The SMILES string of the molecule is C#CCN(CC1CC1)C(=O)c1c[nH]c(=O)[nH]c1=O. The Balaban J connectivity index is 2.23. The molecule has 1 heterocycles. The van der Waals surface area contributed by atoms with Crippen molar-refractivity contribution in [2.24, 2.45) is 5.92 Å². The van der Waals surface area contributed by atoms with Crippen LogP contribution in [0.5, 0.6) is 0 Å². The van der Waals surface area contributed by atoms with Crippen molar-refractivity contribution < 1.29 is 4.79 Å². The molecule has 0 radical (unpaired) electrons. The smallest absolute Gasteiger partial charge is 0.325 e.